The number of nitrogens with zero attached hydrogens (tertiary/aromatic N) is 1. The van der Waals surface area contributed by atoms with Crippen LogP contribution >= 0.6 is 0 Å². The second kappa shape index (κ2) is 9.59. The van der Waals surface area contributed by atoms with Crippen LogP contribution < -0.4 is 10.1 Å². The topological polar surface area (TPSA) is 58.6 Å². The molecule has 1 N–H and O–H groups in total. The summed E-state index contributed by atoms with van der Waals surface area (Å²) in [6.07, 6.45) is 1.96. The molecule has 0 saturated heterocycles. The summed E-state index contributed by atoms with van der Waals surface area (Å²) in [7, 11) is -3.82. The first-order chi connectivity index (χ1) is 15.5. The van der Waals surface area contributed by atoms with Crippen molar-refractivity contribution in [3.8, 4) is 5.75 Å². The summed E-state index contributed by atoms with van der Waals surface area (Å²) in [5.41, 5.74) is 2.67. The number of hydrogen-bond acceptors (Lipinski definition) is 4. The lowest BCUT2D eigenvalue weighted by Gasteiger charge is -2.30. The molecule has 1 aliphatic heterocycles. The Labute approximate surface area is 190 Å². The van der Waals surface area contributed by atoms with E-state index in [1.807, 2.05) is 61.5 Å². The molecule has 0 aliphatic carbocycles. The number of anilines is 1. The second-order valence-corrected chi connectivity index (χ2v) is 9.68. The van der Waals surface area contributed by atoms with Crippen molar-refractivity contribution >= 4 is 15.7 Å². The van der Waals surface area contributed by atoms with E-state index in [4.69, 9.17) is 4.74 Å². The van der Waals surface area contributed by atoms with Crippen molar-refractivity contribution in [1.82, 2.24) is 4.31 Å². The lowest BCUT2D eigenvalue weighted by atomic mass is 10.0. The van der Waals surface area contributed by atoms with Crippen LogP contribution in [-0.4, -0.2) is 31.9 Å². The normalized spacial score (nSPS) is 19.9. The van der Waals surface area contributed by atoms with Gasteiger partial charge in [-0.25, -0.2) is 8.42 Å². The molecule has 0 aromatic heterocycles. The largest absolute Gasteiger partial charge is 0.483 e. The molecule has 0 spiro atoms. The van der Waals surface area contributed by atoms with Gasteiger partial charge in [0.15, 0.2) is 0 Å². The number of hydrogen-bond donors (Lipinski definition) is 1. The zero-order chi connectivity index (χ0) is 22.6. The maximum Gasteiger partial charge on any atom is 0.249 e. The molecule has 166 valence electrons. The fourth-order valence-corrected chi connectivity index (χ4v) is 5.98. The number of sulfonamides is 1. The molecule has 32 heavy (non-hydrogen) atoms. The molecule has 0 amide bonds. The van der Waals surface area contributed by atoms with Gasteiger partial charge in [-0.05, 0) is 36.6 Å². The molecule has 1 aliphatic rings. The highest BCUT2D eigenvalue weighted by Crippen LogP contribution is 2.42. The number of nitrogens with one attached hydrogen (secondary N) is 1. The predicted molar refractivity (Wildman–Crippen MR) is 128 cm³/mol. The van der Waals surface area contributed by atoms with Crippen LogP contribution in [0.15, 0.2) is 96.4 Å². The van der Waals surface area contributed by atoms with Gasteiger partial charge in [-0.15, -0.1) is 6.58 Å². The molecule has 2 atom stereocenters. The van der Waals surface area contributed by atoms with Gasteiger partial charge in [0.2, 0.25) is 10.0 Å². The van der Waals surface area contributed by atoms with Crippen molar-refractivity contribution in [1.29, 1.82) is 0 Å². The van der Waals surface area contributed by atoms with E-state index in [-0.39, 0.29) is 11.4 Å². The number of benzene rings is 3. The van der Waals surface area contributed by atoms with Crippen LogP contribution in [0.1, 0.15) is 24.2 Å². The fourth-order valence-electron chi connectivity index (χ4n) is 4.10. The molecule has 0 radical (unpaired) electrons. The number of rotatable bonds is 7. The third-order valence-corrected chi connectivity index (χ3v) is 7.74. The maximum absolute atomic E-state index is 13.8. The van der Waals surface area contributed by atoms with Crippen molar-refractivity contribution < 1.29 is 13.2 Å². The molecule has 0 fully saturated rings. The van der Waals surface area contributed by atoms with Crippen molar-refractivity contribution in [2.45, 2.75) is 30.4 Å². The van der Waals surface area contributed by atoms with Crippen molar-refractivity contribution in [2.75, 3.05) is 18.4 Å². The van der Waals surface area contributed by atoms with Gasteiger partial charge in [0, 0.05) is 13.1 Å². The predicted octanol–water partition coefficient (Wildman–Crippen LogP) is 5.04. The van der Waals surface area contributed by atoms with E-state index in [9.17, 15) is 8.42 Å². The third-order valence-electron chi connectivity index (χ3n) is 5.70. The van der Waals surface area contributed by atoms with Gasteiger partial charge < -0.3 is 10.1 Å². The molecular formula is C26H28N2O3S. The Kier molecular flexibility index (Phi) is 6.63. The molecule has 3 aromatic carbocycles. The summed E-state index contributed by atoms with van der Waals surface area (Å²) >= 11 is 0. The second-order valence-electron chi connectivity index (χ2n) is 7.85. The SMILES string of the molecule is C=CCN1[C@@H](C)[C@H](c2ccccc2)Oc2cccc(NCCc3ccccc3)c2S1(=O)=O. The lowest BCUT2D eigenvalue weighted by molar-refractivity contribution is 0.131. The molecule has 0 saturated carbocycles. The van der Waals surface area contributed by atoms with Gasteiger partial charge in [-0.3, -0.25) is 0 Å². The fraction of sp³-hybridized carbons (Fsp3) is 0.231. The number of ether oxygens (including phenoxy) is 1. The quantitative estimate of drug-likeness (QED) is 0.515. The first kappa shape index (κ1) is 22.1. The summed E-state index contributed by atoms with van der Waals surface area (Å²) in [6, 6.07) is 24.8. The molecule has 0 bridgehead atoms. The van der Waals surface area contributed by atoms with E-state index >= 15 is 0 Å². The Morgan fingerprint density at radius 2 is 1.69 bits per heavy atom. The van der Waals surface area contributed by atoms with Crippen molar-refractivity contribution in [3.63, 3.8) is 0 Å². The molecule has 6 heteroatoms. The lowest BCUT2D eigenvalue weighted by Crippen LogP contribution is -2.41. The molecule has 3 aromatic rings. The van der Waals surface area contributed by atoms with E-state index in [1.54, 1.807) is 18.2 Å². The highest BCUT2D eigenvalue weighted by Gasteiger charge is 2.41. The van der Waals surface area contributed by atoms with Crippen LogP contribution in [0.4, 0.5) is 5.69 Å². The van der Waals surface area contributed by atoms with E-state index < -0.39 is 22.2 Å². The molecule has 4 rings (SSSR count). The minimum atomic E-state index is -3.82. The zero-order valence-electron chi connectivity index (χ0n) is 18.1. The van der Waals surface area contributed by atoms with Crippen molar-refractivity contribution in [3.05, 3.63) is 103 Å². The Hall–Kier alpha value is -3.09. The minimum absolute atomic E-state index is 0.181. The van der Waals surface area contributed by atoms with Crippen LogP contribution in [-0.2, 0) is 16.4 Å². The Morgan fingerprint density at radius 3 is 2.38 bits per heavy atom. The summed E-state index contributed by atoms with van der Waals surface area (Å²) in [5.74, 6) is 0.363. The van der Waals surface area contributed by atoms with Crippen LogP contribution in [0.5, 0.6) is 5.75 Å². The highest BCUT2D eigenvalue weighted by atomic mass is 32.2. The van der Waals surface area contributed by atoms with Gasteiger partial charge in [-0.1, -0.05) is 72.8 Å². The van der Waals surface area contributed by atoms with Crippen LogP contribution in [0.3, 0.4) is 0 Å². The van der Waals surface area contributed by atoms with Gasteiger partial charge >= 0.3 is 0 Å². The van der Waals surface area contributed by atoms with Crippen LogP contribution in [0, 0.1) is 0 Å². The van der Waals surface area contributed by atoms with Gasteiger partial charge in [-0.2, -0.15) is 4.31 Å². The zero-order valence-corrected chi connectivity index (χ0v) is 19.0. The van der Waals surface area contributed by atoms with Gasteiger partial charge in [0.1, 0.15) is 16.7 Å². The number of fused-ring (bicyclic) bond motifs is 1. The van der Waals surface area contributed by atoms with E-state index in [0.717, 1.165) is 12.0 Å². The van der Waals surface area contributed by atoms with Gasteiger partial charge in [0.25, 0.3) is 0 Å². The molecular weight excluding hydrogens is 420 g/mol. The standard InChI is InChI=1S/C26H28N2O3S/c1-3-19-28-20(2)25(22-13-8-5-9-14-22)31-24-16-10-15-23(26(24)32(28,29)30)27-18-17-21-11-6-4-7-12-21/h3-16,20,25,27H,1,17-19H2,2H3/t20-,25+/m0/s1. The Balaban J connectivity index is 1.72. The Bertz CT molecular complexity index is 1160. The van der Waals surface area contributed by atoms with Crippen molar-refractivity contribution in [2.24, 2.45) is 0 Å². The summed E-state index contributed by atoms with van der Waals surface area (Å²) < 4.78 is 35.5. The minimum Gasteiger partial charge on any atom is -0.483 e. The Morgan fingerprint density at radius 1 is 1.00 bits per heavy atom. The highest BCUT2D eigenvalue weighted by molar-refractivity contribution is 7.89. The van der Waals surface area contributed by atoms with E-state index in [2.05, 4.69) is 24.0 Å². The summed E-state index contributed by atoms with van der Waals surface area (Å²) in [6.45, 7) is 6.47. The molecule has 0 unspecified atom stereocenters. The van der Waals surface area contributed by atoms with E-state index in [0.29, 0.717) is 18.0 Å². The third kappa shape index (κ3) is 4.42. The monoisotopic (exact) mass is 448 g/mol. The van der Waals surface area contributed by atoms with Crippen LogP contribution in [0.2, 0.25) is 0 Å². The maximum atomic E-state index is 13.8. The molecule has 1 heterocycles. The first-order valence-corrected chi connectivity index (χ1v) is 12.2. The average molecular weight is 449 g/mol. The van der Waals surface area contributed by atoms with Crippen LogP contribution in [0.25, 0.3) is 0 Å². The van der Waals surface area contributed by atoms with Gasteiger partial charge in [0.05, 0.1) is 11.7 Å². The average Bonchev–Trinajstić information content (AvgIpc) is 2.89. The summed E-state index contributed by atoms with van der Waals surface area (Å²) in [5, 5.41) is 3.33. The smallest absolute Gasteiger partial charge is 0.249 e. The first-order valence-electron chi connectivity index (χ1n) is 10.8. The van der Waals surface area contributed by atoms with E-state index in [1.165, 1.54) is 9.87 Å². The summed E-state index contributed by atoms with van der Waals surface area (Å²) in [4.78, 5) is 0.181. The molecule has 5 nitrogen and oxygen atoms in total.